The zero-order valence-electron chi connectivity index (χ0n) is 18.3. The average Bonchev–Trinajstić information content (AvgIpc) is 2.67. The maximum atomic E-state index is 12.5. The molecule has 0 spiro atoms. The molecule has 28 heavy (non-hydrogen) atoms. The SMILES string of the molecule is O=C(CCCC(=O)CC1CCCC2CCCCC21)CCC1CCCCCCC1. The van der Waals surface area contributed by atoms with Gasteiger partial charge in [0.25, 0.3) is 0 Å². The number of hydrogen-bond acceptors (Lipinski definition) is 2. The first kappa shape index (κ1) is 22.0. The van der Waals surface area contributed by atoms with Gasteiger partial charge in [0.1, 0.15) is 11.6 Å². The van der Waals surface area contributed by atoms with E-state index in [0.717, 1.165) is 43.4 Å². The lowest BCUT2D eigenvalue weighted by Crippen LogP contribution is -2.32. The summed E-state index contributed by atoms with van der Waals surface area (Å²) in [6.07, 6.45) is 23.8. The van der Waals surface area contributed by atoms with Gasteiger partial charge in [-0.15, -0.1) is 0 Å². The summed E-state index contributed by atoms with van der Waals surface area (Å²) in [5.74, 6) is 4.01. The third-order valence-electron chi connectivity index (χ3n) is 8.18. The van der Waals surface area contributed by atoms with Crippen LogP contribution in [0.15, 0.2) is 0 Å². The van der Waals surface area contributed by atoms with Crippen molar-refractivity contribution in [2.75, 3.05) is 0 Å². The third-order valence-corrected chi connectivity index (χ3v) is 8.18. The highest BCUT2D eigenvalue weighted by atomic mass is 16.1. The van der Waals surface area contributed by atoms with Crippen molar-refractivity contribution in [3.05, 3.63) is 0 Å². The molecule has 3 aliphatic carbocycles. The van der Waals surface area contributed by atoms with Crippen LogP contribution >= 0.6 is 0 Å². The molecule has 0 amide bonds. The molecule has 3 atom stereocenters. The molecule has 0 aromatic rings. The molecule has 0 radical (unpaired) electrons. The van der Waals surface area contributed by atoms with Crippen LogP contribution in [-0.4, -0.2) is 11.6 Å². The monoisotopic (exact) mass is 388 g/mol. The molecule has 3 unspecified atom stereocenters. The second kappa shape index (κ2) is 12.1. The molecular formula is C26H44O2. The second-order valence-electron chi connectivity index (χ2n) is 10.3. The number of fused-ring (bicyclic) bond motifs is 1. The molecule has 0 aliphatic heterocycles. The minimum atomic E-state index is 0.403. The molecule has 3 fully saturated rings. The van der Waals surface area contributed by atoms with Gasteiger partial charge in [0.2, 0.25) is 0 Å². The van der Waals surface area contributed by atoms with Crippen LogP contribution in [0.4, 0.5) is 0 Å². The van der Waals surface area contributed by atoms with Crippen molar-refractivity contribution in [2.45, 2.75) is 128 Å². The van der Waals surface area contributed by atoms with Crippen LogP contribution in [0, 0.1) is 23.7 Å². The van der Waals surface area contributed by atoms with Crippen LogP contribution in [0.1, 0.15) is 128 Å². The summed E-state index contributed by atoms with van der Waals surface area (Å²) in [6.45, 7) is 0. The average molecular weight is 389 g/mol. The Labute approximate surface area is 173 Å². The van der Waals surface area contributed by atoms with E-state index in [1.807, 2.05) is 0 Å². The van der Waals surface area contributed by atoms with E-state index in [-0.39, 0.29) is 0 Å². The summed E-state index contributed by atoms with van der Waals surface area (Å²) < 4.78 is 0. The zero-order chi connectivity index (χ0) is 19.6. The van der Waals surface area contributed by atoms with Gasteiger partial charge in [0.15, 0.2) is 0 Å². The van der Waals surface area contributed by atoms with E-state index in [0.29, 0.717) is 30.3 Å². The minimum Gasteiger partial charge on any atom is -0.300 e. The van der Waals surface area contributed by atoms with Gasteiger partial charge >= 0.3 is 0 Å². The molecule has 3 aliphatic rings. The first-order valence-corrected chi connectivity index (χ1v) is 12.8. The van der Waals surface area contributed by atoms with Gasteiger partial charge in [-0.2, -0.15) is 0 Å². The number of rotatable bonds is 9. The summed E-state index contributed by atoms with van der Waals surface area (Å²) >= 11 is 0. The van der Waals surface area contributed by atoms with Gasteiger partial charge in [-0.25, -0.2) is 0 Å². The Morgan fingerprint density at radius 1 is 0.607 bits per heavy atom. The van der Waals surface area contributed by atoms with E-state index in [1.54, 1.807) is 0 Å². The van der Waals surface area contributed by atoms with Crippen LogP contribution in [0.25, 0.3) is 0 Å². The summed E-state index contributed by atoms with van der Waals surface area (Å²) in [6, 6.07) is 0. The van der Waals surface area contributed by atoms with Gasteiger partial charge in [0, 0.05) is 25.7 Å². The van der Waals surface area contributed by atoms with E-state index < -0.39 is 0 Å². The Hall–Kier alpha value is -0.660. The van der Waals surface area contributed by atoms with E-state index >= 15 is 0 Å². The normalized spacial score (nSPS) is 29.5. The molecule has 2 heteroatoms. The van der Waals surface area contributed by atoms with Gasteiger partial charge in [-0.1, -0.05) is 77.0 Å². The quantitative estimate of drug-likeness (QED) is 0.411. The van der Waals surface area contributed by atoms with Crippen LogP contribution in [-0.2, 0) is 9.59 Å². The van der Waals surface area contributed by atoms with Crippen molar-refractivity contribution < 1.29 is 9.59 Å². The van der Waals surface area contributed by atoms with Crippen LogP contribution in [0.2, 0.25) is 0 Å². The molecule has 3 rings (SSSR count). The first-order valence-electron chi connectivity index (χ1n) is 12.8. The minimum absolute atomic E-state index is 0.403. The molecule has 0 saturated heterocycles. The molecule has 2 nitrogen and oxygen atoms in total. The fourth-order valence-corrected chi connectivity index (χ4v) is 6.52. The summed E-state index contributed by atoms with van der Waals surface area (Å²) in [5, 5.41) is 0. The predicted molar refractivity (Wildman–Crippen MR) is 116 cm³/mol. The van der Waals surface area contributed by atoms with E-state index in [9.17, 15) is 9.59 Å². The van der Waals surface area contributed by atoms with Crippen molar-refractivity contribution in [3.8, 4) is 0 Å². The van der Waals surface area contributed by atoms with Gasteiger partial charge in [0.05, 0.1) is 0 Å². The largest absolute Gasteiger partial charge is 0.300 e. The predicted octanol–water partition coefficient (Wildman–Crippen LogP) is 7.43. The third kappa shape index (κ3) is 7.30. The molecular weight excluding hydrogens is 344 g/mol. The van der Waals surface area contributed by atoms with Crippen molar-refractivity contribution in [1.29, 1.82) is 0 Å². The molecule has 3 saturated carbocycles. The fourth-order valence-electron chi connectivity index (χ4n) is 6.52. The van der Waals surface area contributed by atoms with E-state index in [2.05, 4.69) is 0 Å². The Balaban J connectivity index is 1.28. The van der Waals surface area contributed by atoms with Gasteiger partial charge < -0.3 is 0 Å². The number of carbonyl (C=O) groups excluding carboxylic acids is 2. The van der Waals surface area contributed by atoms with Crippen LogP contribution in [0.5, 0.6) is 0 Å². The smallest absolute Gasteiger partial charge is 0.133 e. The van der Waals surface area contributed by atoms with Gasteiger partial charge in [-0.3, -0.25) is 9.59 Å². The Kier molecular flexibility index (Phi) is 9.55. The lowest BCUT2D eigenvalue weighted by Gasteiger charge is -2.41. The topological polar surface area (TPSA) is 34.1 Å². The van der Waals surface area contributed by atoms with Gasteiger partial charge in [-0.05, 0) is 49.4 Å². The van der Waals surface area contributed by atoms with Crippen molar-refractivity contribution >= 4 is 11.6 Å². The van der Waals surface area contributed by atoms with Crippen LogP contribution in [0.3, 0.4) is 0 Å². The van der Waals surface area contributed by atoms with Crippen molar-refractivity contribution in [1.82, 2.24) is 0 Å². The summed E-state index contributed by atoms with van der Waals surface area (Å²) in [4.78, 5) is 24.8. The summed E-state index contributed by atoms with van der Waals surface area (Å²) in [5.41, 5.74) is 0. The first-order chi connectivity index (χ1) is 13.7. The molecule has 160 valence electrons. The highest BCUT2D eigenvalue weighted by molar-refractivity contribution is 5.81. The number of carbonyl (C=O) groups is 2. The van der Waals surface area contributed by atoms with E-state index in [1.165, 1.54) is 89.9 Å². The number of Topliss-reactive ketones (excluding diaryl/α,β-unsaturated/α-hetero) is 2. The van der Waals surface area contributed by atoms with E-state index in [4.69, 9.17) is 0 Å². The lowest BCUT2D eigenvalue weighted by molar-refractivity contribution is -0.121. The molecule has 0 heterocycles. The maximum Gasteiger partial charge on any atom is 0.133 e. The zero-order valence-corrected chi connectivity index (χ0v) is 18.3. The maximum absolute atomic E-state index is 12.5. The highest BCUT2D eigenvalue weighted by Gasteiger charge is 2.35. The van der Waals surface area contributed by atoms with Crippen molar-refractivity contribution in [2.24, 2.45) is 23.7 Å². The Bertz CT molecular complexity index is 473. The summed E-state index contributed by atoms with van der Waals surface area (Å²) in [7, 11) is 0. The number of hydrogen-bond donors (Lipinski definition) is 0. The molecule has 0 bridgehead atoms. The van der Waals surface area contributed by atoms with Crippen LogP contribution < -0.4 is 0 Å². The molecule has 0 N–H and O–H groups in total. The standard InChI is InChI=1S/C26H44O2/c27-24(19-18-21-10-4-2-1-3-5-11-21)15-9-16-25(28)20-23-14-8-13-22-12-6-7-17-26(22)23/h21-23,26H,1-20H2. The molecule has 0 aromatic carbocycles. The fraction of sp³-hybridized carbons (Fsp3) is 0.923. The highest BCUT2D eigenvalue weighted by Crippen LogP contribution is 2.45. The Morgan fingerprint density at radius 3 is 2.07 bits per heavy atom. The number of ketones is 2. The Morgan fingerprint density at radius 2 is 1.25 bits per heavy atom. The molecule has 0 aromatic heterocycles. The second-order valence-corrected chi connectivity index (χ2v) is 10.3. The van der Waals surface area contributed by atoms with Crippen molar-refractivity contribution in [3.63, 3.8) is 0 Å². The lowest BCUT2D eigenvalue weighted by atomic mass is 9.64.